The summed E-state index contributed by atoms with van der Waals surface area (Å²) in [4.78, 5) is 0. The summed E-state index contributed by atoms with van der Waals surface area (Å²) in [6, 6.07) is 25.2. The molecule has 0 N–H and O–H groups in total. The van der Waals surface area contributed by atoms with Gasteiger partial charge in [0.05, 0.1) is 12.0 Å². The molecule has 0 fully saturated rings. The number of furan rings is 1. The van der Waals surface area contributed by atoms with Gasteiger partial charge in [-0.3, -0.25) is 0 Å². The first kappa shape index (κ1) is 14.2. The van der Waals surface area contributed by atoms with Gasteiger partial charge in [0.2, 0.25) is 0 Å². The zero-order valence-corrected chi connectivity index (χ0v) is 13.9. The Kier molecular flexibility index (Phi) is 3.99. The van der Waals surface area contributed by atoms with Crippen molar-refractivity contribution in [3.05, 3.63) is 79.1 Å². The van der Waals surface area contributed by atoms with Crippen LogP contribution in [0.2, 0.25) is 0 Å². The van der Waals surface area contributed by atoms with Gasteiger partial charge in [-0.1, -0.05) is 59.7 Å². The number of benzene rings is 2. The Balaban J connectivity index is 0.00000132. The van der Waals surface area contributed by atoms with Crippen LogP contribution in [-0.2, 0) is 26.2 Å². The SMILES string of the molecule is [Zr].c1ccc(-c2cccc3[cH-]c(-c4ccco4)cc23)cc1. The first-order valence-corrected chi connectivity index (χ1v) is 6.70. The molecular formula is C19H13OZr-. The zero-order chi connectivity index (χ0) is 13.4. The van der Waals surface area contributed by atoms with E-state index in [4.69, 9.17) is 4.42 Å². The summed E-state index contributed by atoms with van der Waals surface area (Å²) in [5.41, 5.74) is 3.64. The van der Waals surface area contributed by atoms with Crippen LogP contribution >= 0.6 is 0 Å². The molecule has 0 atom stereocenters. The minimum Gasteiger partial charge on any atom is -0.499 e. The van der Waals surface area contributed by atoms with Crippen LogP contribution < -0.4 is 0 Å². The van der Waals surface area contributed by atoms with Crippen LogP contribution in [0.4, 0.5) is 0 Å². The first-order chi connectivity index (χ1) is 9.92. The summed E-state index contributed by atoms with van der Waals surface area (Å²) in [7, 11) is 0. The Labute approximate surface area is 142 Å². The predicted molar refractivity (Wildman–Crippen MR) is 82.7 cm³/mol. The van der Waals surface area contributed by atoms with Gasteiger partial charge in [0.15, 0.2) is 0 Å². The van der Waals surface area contributed by atoms with Gasteiger partial charge in [0.1, 0.15) is 0 Å². The molecular weight excluding hydrogens is 335 g/mol. The van der Waals surface area contributed by atoms with Crippen molar-refractivity contribution in [2.75, 3.05) is 0 Å². The summed E-state index contributed by atoms with van der Waals surface area (Å²) >= 11 is 0. The second kappa shape index (κ2) is 5.91. The fourth-order valence-corrected chi connectivity index (χ4v) is 2.69. The molecule has 0 saturated carbocycles. The Morgan fingerprint density at radius 3 is 2.43 bits per heavy atom. The fourth-order valence-electron chi connectivity index (χ4n) is 2.69. The average Bonchev–Trinajstić information content (AvgIpc) is 3.16. The molecule has 0 aliphatic heterocycles. The first-order valence-electron chi connectivity index (χ1n) is 6.70. The summed E-state index contributed by atoms with van der Waals surface area (Å²) in [6.07, 6.45) is 1.71. The topological polar surface area (TPSA) is 13.1 Å². The quantitative estimate of drug-likeness (QED) is 0.437. The van der Waals surface area contributed by atoms with Crippen molar-refractivity contribution in [3.63, 3.8) is 0 Å². The van der Waals surface area contributed by atoms with Crippen LogP contribution in [0.3, 0.4) is 0 Å². The van der Waals surface area contributed by atoms with Crippen LogP contribution in [-0.4, -0.2) is 0 Å². The van der Waals surface area contributed by atoms with Gasteiger partial charge in [-0.15, -0.1) is 29.0 Å². The third-order valence-corrected chi connectivity index (χ3v) is 3.64. The molecule has 1 heterocycles. The standard InChI is InChI=1S/C19H13O.Zr/c1-2-6-14(7-3-1)17-9-4-8-15-12-16(13-18(15)17)19-10-5-11-20-19;/h1-13H;/q-1;. The van der Waals surface area contributed by atoms with Crippen molar-refractivity contribution in [2.24, 2.45) is 0 Å². The van der Waals surface area contributed by atoms with Crippen LogP contribution in [0.25, 0.3) is 33.2 Å². The van der Waals surface area contributed by atoms with Crippen LogP contribution in [0.15, 0.2) is 83.5 Å². The van der Waals surface area contributed by atoms with Crippen LogP contribution in [0.5, 0.6) is 0 Å². The van der Waals surface area contributed by atoms with E-state index in [9.17, 15) is 0 Å². The molecule has 3 aromatic carbocycles. The number of rotatable bonds is 2. The maximum absolute atomic E-state index is 5.49. The zero-order valence-electron chi connectivity index (χ0n) is 11.4. The molecule has 1 nitrogen and oxygen atoms in total. The third kappa shape index (κ3) is 2.56. The van der Waals surface area contributed by atoms with Gasteiger partial charge in [0.25, 0.3) is 0 Å². The van der Waals surface area contributed by atoms with Gasteiger partial charge in [-0.05, 0) is 11.6 Å². The van der Waals surface area contributed by atoms with Crippen molar-refractivity contribution in [3.8, 4) is 22.5 Å². The minimum atomic E-state index is 0. The van der Waals surface area contributed by atoms with Crippen molar-refractivity contribution < 1.29 is 30.6 Å². The van der Waals surface area contributed by atoms with E-state index < -0.39 is 0 Å². The van der Waals surface area contributed by atoms with Gasteiger partial charge in [-0.2, -0.15) is 0 Å². The van der Waals surface area contributed by atoms with Crippen molar-refractivity contribution >= 4 is 10.8 Å². The molecule has 0 amide bonds. The van der Waals surface area contributed by atoms with Crippen molar-refractivity contribution in [1.82, 2.24) is 0 Å². The normalized spacial score (nSPS) is 10.5. The second-order valence-corrected chi connectivity index (χ2v) is 4.90. The Morgan fingerprint density at radius 1 is 0.810 bits per heavy atom. The van der Waals surface area contributed by atoms with E-state index in [-0.39, 0.29) is 26.2 Å². The van der Waals surface area contributed by atoms with E-state index >= 15 is 0 Å². The molecule has 0 bridgehead atoms. The van der Waals surface area contributed by atoms with E-state index in [2.05, 4.69) is 54.6 Å². The summed E-state index contributed by atoms with van der Waals surface area (Å²) in [5.74, 6) is 0.917. The molecule has 1 aromatic heterocycles. The molecule has 100 valence electrons. The Hall–Kier alpha value is -1.79. The molecule has 2 heteroatoms. The number of hydrogen-bond acceptors (Lipinski definition) is 1. The van der Waals surface area contributed by atoms with Crippen LogP contribution in [0, 0.1) is 0 Å². The van der Waals surface area contributed by atoms with E-state index in [1.54, 1.807) is 6.26 Å². The summed E-state index contributed by atoms with van der Waals surface area (Å²) in [5, 5.41) is 2.52. The maximum Gasteiger partial charge on any atom is 0.0796 e. The molecule has 21 heavy (non-hydrogen) atoms. The van der Waals surface area contributed by atoms with Crippen molar-refractivity contribution in [2.45, 2.75) is 0 Å². The summed E-state index contributed by atoms with van der Waals surface area (Å²) in [6.45, 7) is 0. The molecule has 0 aliphatic carbocycles. The Bertz CT molecular complexity index is 842. The van der Waals surface area contributed by atoms with Crippen LogP contribution in [0.1, 0.15) is 0 Å². The van der Waals surface area contributed by atoms with Gasteiger partial charge in [0, 0.05) is 26.2 Å². The minimum absolute atomic E-state index is 0. The van der Waals surface area contributed by atoms with Crippen molar-refractivity contribution in [1.29, 1.82) is 0 Å². The summed E-state index contributed by atoms with van der Waals surface area (Å²) < 4.78 is 5.49. The largest absolute Gasteiger partial charge is 0.499 e. The van der Waals surface area contributed by atoms with E-state index in [0.717, 1.165) is 11.3 Å². The number of hydrogen-bond donors (Lipinski definition) is 0. The van der Waals surface area contributed by atoms with Gasteiger partial charge >= 0.3 is 0 Å². The van der Waals surface area contributed by atoms with E-state index in [1.807, 2.05) is 18.2 Å². The molecule has 0 unspecified atom stereocenters. The monoisotopic (exact) mass is 347 g/mol. The second-order valence-electron chi connectivity index (χ2n) is 4.90. The molecule has 0 saturated heterocycles. The third-order valence-electron chi connectivity index (χ3n) is 3.64. The Morgan fingerprint density at radius 2 is 1.67 bits per heavy atom. The smallest absolute Gasteiger partial charge is 0.0796 e. The fraction of sp³-hybridized carbons (Fsp3) is 0. The maximum atomic E-state index is 5.49. The van der Waals surface area contributed by atoms with E-state index in [1.165, 1.54) is 21.9 Å². The average molecular weight is 349 g/mol. The van der Waals surface area contributed by atoms with Gasteiger partial charge < -0.3 is 4.42 Å². The number of fused-ring (bicyclic) bond motifs is 1. The molecule has 0 spiro atoms. The van der Waals surface area contributed by atoms with E-state index in [0.29, 0.717) is 0 Å². The molecule has 4 rings (SSSR count). The van der Waals surface area contributed by atoms with Gasteiger partial charge in [-0.25, -0.2) is 0 Å². The predicted octanol–water partition coefficient (Wildman–Crippen LogP) is 5.48. The molecule has 0 aliphatic rings. The molecule has 4 aromatic rings. The molecule has 0 radical (unpaired) electrons.